The van der Waals surface area contributed by atoms with Crippen molar-refractivity contribution in [3.8, 4) is 0 Å². The van der Waals surface area contributed by atoms with Gasteiger partial charge in [-0.3, -0.25) is 8.80 Å². The molecule has 4 heteroatoms. The van der Waals surface area contributed by atoms with Crippen molar-refractivity contribution in [3.63, 3.8) is 0 Å². The highest BCUT2D eigenvalue weighted by Gasteiger charge is 2.18. The van der Waals surface area contributed by atoms with Gasteiger partial charge in [-0.2, -0.15) is 0 Å². The van der Waals surface area contributed by atoms with E-state index in [1.165, 1.54) is 32.6 Å². The quantitative estimate of drug-likeness (QED) is 0.252. The molecule has 0 N–H and O–H groups in total. The van der Waals surface area contributed by atoms with Crippen LogP contribution in [0.15, 0.2) is 89.4 Å². The van der Waals surface area contributed by atoms with Crippen molar-refractivity contribution in [2.75, 3.05) is 0 Å². The Labute approximate surface area is 173 Å². The molecule has 0 fully saturated rings. The van der Waals surface area contributed by atoms with Crippen molar-refractivity contribution in [3.05, 3.63) is 89.4 Å². The molecule has 7 rings (SSSR count). The van der Waals surface area contributed by atoms with Gasteiger partial charge in [-0.25, -0.2) is 4.98 Å². The molecule has 0 aliphatic carbocycles. The zero-order valence-electron chi connectivity index (χ0n) is 15.3. The number of nitrogens with zero attached hydrogens (tertiary/aromatic N) is 3. The van der Waals surface area contributed by atoms with Gasteiger partial charge in [-0.15, -0.1) is 0 Å². The summed E-state index contributed by atoms with van der Waals surface area (Å²) in [6.45, 7) is 0. The summed E-state index contributed by atoms with van der Waals surface area (Å²) >= 11 is 3.75. The molecule has 3 aromatic heterocycles. The normalized spacial score (nSPS) is 12.3. The van der Waals surface area contributed by atoms with E-state index in [1.54, 1.807) is 0 Å². The molecule has 29 heavy (non-hydrogen) atoms. The van der Waals surface area contributed by atoms with Gasteiger partial charge < -0.3 is 0 Å². The monoisotopic (exact) mass is 435 g/mol. The van der Waals surface area contributed by atoms with E-state index >= 15 is 0 Å². The minimum absolute atomic E-state index is 0.936. The molecule has 0 radical (unpaired) electrons. The van der Waals surface area contributed by atoms with Crippen molar-refractivity contribution >= 4 is 70.8 Å². The number of benzene rings is 4. The number of fused-ring (bicyclic) bond motifs is 10. The van der Waals surface area contributed by atoms with Crippen LogP contribution < -0.4 is 0 Å². The minimum atomic E-state index is 0.936. The Balaban J connectivity index is 2.02. The van der Waals surface area contributed by atoms with Crippen LogP contribution in [0.25, 0.3) is 54.9 Å². The molecule has 0 unspecified atom stereocenters. The third-order valence-electron chi connectivity index (χ3n) is 5.91. The topological polar surface area (TPSA) is 21.7 Å². The fraction of sp³-hybridized carbons (Fsp3) is 0. The number of aromatic nitrogens is 3. The number of para-hydroxylation sites is 4. The summed E-state index contributed by atoms with van der Waals surface area (Å²) in [4.78, 5) is 5.10. The first-order chi connectivity index (χ1) is 14.3. The Morgan fingerprint density at radius 3 is 1.83 bits per heavy atom. The second-order valence-corrected chi connectivity index (χ2v) is 8.37. The van der Waals surface area contributed by atoms with E-state index in [2.05, 4.69) is 110 Å². The second kappa shape index (κ2) is 5.37. The maximum absolute atomic E-state index is 5.10. The summed E-state index contributed by atoms with van der Waals surface area (Å²) in [5.41, 5.74) is 5.65. The van der Waals surface area contributed by atoms with Crippen LogP contribution in [0.1, 0.15) is 0 Å². The van der Waals surface area contributed by atoms with Gasteiger partial charge in [0.25, 0.3) is 0 Å². The van der Waals surface area contributed by atoms with Crippen LogP contribution in [0.3, 0.4) is 0 Å². The molecule has 3 heterocycles. The Kier molecular flexibility index (Phi) is 2.88. The lowest BCUT2D eigenvalue weighted by Crippen LogP contribution is -1.90. The number of rotatable bonds is 0. The Bertz CT molecular complexity index is 1770. The summed E-state index contributed by atoms with van der Waals surface area (Å²) in [6, 6.07) is 30.0. The van der Waals surface area contributed by atoms with E-state index in [0.29, 0.717) is 0 Å². The molecule has 0 bridgehead atoms. The average molecular weight is 436 g/mol. The lowest BCUT2D eigenvalue weighted by Gasteiger charge is -2.01. The lowest BCUT2D eigenvalue weighted by atomic mass is 10.1. The van der Waals surface area contributed by atoms with Crippen LogP contribution in [0.5, 0.6) is 0 Å². The van der Waals surface area contributed by atoms with Gasteiger partial charge in [0.2, 0.25) is 5.78 Å². The number of halogens is 1. The standard InChI is InChI=1S/C25H14BrN3/c26-15-13-18-16-7-1-4-10-21(16)28-23-12-6-3-9-20(23)27-25(28)29-22-11-5-2-8-17(22)19(14-15)24(18)29/h1-14H. The molecule has 3 nitrogen and oxygen atoms in total. The first-order valence-electron chi connectivity index (χ1n) is 9.61. The van der Waals surface area contributed by atoms with Gasteiger partial charge in [0.15, 0.2) is 0 Å². The highest BCUT2D eigenvalue weighted by molar-refractivity contribution is 9.10. The molecular weight excluding hydrogens is 422 g/mol. The smallest absolute Gasteiger partial charge is 0.220 e. The summed E-state index contributed by atoms with van der Waals surface area (Å²) < 4.78 is 5.71. The fourth-order valence-corrected chi connectivity index (χ4v) is 5.23. The Morgan fingerprint density at radius 2 is 1.14 bits per heavy atom. The first kappa shape index (κ1) is 15.5. The second-order valence-electron chi connectivity index (χ2n) is 7.46. The van der Waals surface area contributed by atoms with Gasteiger partial charge in [-0.1, -0.05) is 64.5 Å². The van der Waals surface area contributed by atoms with E-state index in [9.17, 15) is 0 Å². The summed E-state index contributed by atoms with van der Waals surface area (Å²) in [6.07, 6.45) is 0. The predicted octanol–water partition coefficient (Wildman–Crippen LogP) is 6.96. The number of hydrogen-bond acceptors (Lipinski definition) is 1. The van der Waals surface area contributed by atoms with E-state index in [-0.39, 0.29) is 0 Å². The van der Waals surface area contributed by atoms with Crippen LogP contribution in [-0.2, 0) is 0 Å². The van der Waals surface area contributed by atoms with Gasteiger partial charge in [0.05, 0.1) is 27.6 Å². The van der Waals surface area contributed by atoms with Crippen molar-refractivity contribution in [2.45, 2.75) is 0 Å². The van der Waals surface area contributed by atoms with Crippen molar-refractivity contribution in [1.82, 2.24) is 13.8 Å². The molecule has 0 atom stereocenters. The van der Waals surface area contributed by atoms with E-state index < -0.39 is 0 Å². The fourth-order valence-electron chi connectivity index (χ4n) is 4.77. The van der Waals surface area contributed by atoms with Gasteiger partial charge >= 0.3 is 0 Å². The van der Waals surface area contributed by atoms with E-state index in [0.717, 1.165) is 26.8 Å². The van der Waals surface area contributed by atoms with E-state index in [4.69, 9.17) is 4.98 Å². The van der Waals surface area contributed by atoms with Crippen LogP contribution >= 0.6 is 15.9 Å². The molecule has 4 aromatic carbocycles. The van der Waals surface area contributed by atoms with Crippen molar-refractivity contribution in [1.29, 1.82) is 0 Å². The minimum Gasteiger partial charge on any atom is -0.278 e. The van der Waals surface area contributed by atoms with Gasteiger partial charge in [0, 0.05) is 26.0 Å². The largest absolute Gasteiger partial charge is 0.278 e. The maximum atomic E-state index is 5.10. The molecule has 0 spiro atoms. The molecule has 0 aliphatic rings. The third-order valence-corrected chi connectivity index (χ3v) is 6.37. The molecular formula is C25H14BrN3. The van der Waals surface area contributed by atoms with E-state index in [1.807, 2.05) is 0 Å². The summed E-state index contributed by atoms with van der Waals surface area (Å²) in [5, 5.41) is 4.91. The highest BCUT2D eigenvalue weighted by Crippen LogP contribution is 2.38. The van der Waals surface area contributed by atoms with Gasteiger partial charge in [0.1, 0.15) is 0 Å². The zero-order chi connectivity index (χ0) is 19.1. The van der Waals surface area contributed by atoms with Gasteiger partial charge in [-0.05, 0) is 36.4 Å². The zero-order valence-corrected chi connectivity index (χ0v) is 16.9. The molecule has 0 saturated carbocycles. The Hall–Kier alpha value is -3.37. The molecule has 0 aliphatic heterocycles. The average Bonchev–Trinajstić information content (AvgIpc) is 3.25. The van der Waals surface area contributed by atoms with Crippen LogP contribution in [0, 0.1) is 0 Å². The highest BCUT2D eigenvalue weighted by atomic mass is 79.9. The third kappa shape index (κ3) is 1.89. The van der Waals surface area contributed by atoms with Crippen LogP contribution in [0.4, 0.5) is 0 Å². The SMILES string of the molecule is Brc1cc2c3ccccc3n3c4ccccc4nc3n3c4ccccc4c(c1)c23. The van der Waals surface area contributed by atoms with Crippen LogP contribution in [0.2, 0.25) is 0 Å². The Morgan fingerprint density at radius 1 is 0.586 bits per heavy atom. The molecule has 0 amide bonds. The number of hydrogen-bond donors (Lipinski definition) is 0. The molecule has 7 aromatic rings. The maximum Gasteiger partial charge on any atom is 0.220 e. The first-order valence-corrected chi connectivity index (χ1v) is 10.4. The number of imidazole rings is 1. The van der Waals surface area contributed by atoms with Crippen molar-refractivity contribution < 1.29 is 0 Å². The molecule has 0 saturated heterocycles. The predicted molar refractivity (Wildman–Crippen MR) is 124 cm³/mol. The van der Waals surface area contributed by atoms with Crippen LogP contribution in [-0.4, -0.2) is 13.8 Å². The summed E-state index contributed by atoms with van der Waals surface area (Å²) in [5.74, 6) is 0.936. The van der Waals surface area contributed by atoms with Crippen molar-refractivity contribution in [2.24, 2.45) is 0 Å². The molecule has 136 valence electrons. The lowest BCUT2D eigenvalue weighted by molar-refractivity contribution is 1.17. The summed E-state index contributed by atoms with van der Waals surface area (Å²) in [7, 11) is 0.